The summed E-state index contributed by atoms with van der Waals surface area (Å²) >= 11 is 0. The van der Waals surface area contributed by atoms with Crippen LogP contribution in [0.1, 0.15) is 50.4 Å². The van der Waals surface area contributed by atoms with Gasteiger partial charge in [0, 0.05) is 6.54 Å². The molecule has 3 nitrogen and oxygen atoms in total. The number of nitrogens with one attached hydrogen (secondary N) is 1. The average Bonchev–Trinajstić information content (AvgIpc) is 3.21. The Bertz CT molecular complexity index is 504. The van der Waals surface area contributed by atoms with Crippen LogP contribution in [0.4, 0.5) is 0 Å². The molecule has 0 radical (unpaired) electrons. The van der Waals surface area contributed by atoms with E-state index < -0.39 is 0 Å². The number of aryl methyl sites for hydroxylation is 1. The Hall–Kier alpha value is -1.35. The average molecular weight is 286 g/mol. The third-order valence-corrected chi connectivity index (χ3v) is 4.73. The van der Waals surface area contributed by atoms with Crippen molar-refractivity contribution in [3.63, 3.8) is 0 Å². The summed E-state index contributed by atoms with van der Waals surface area (Å²) in [4.78, 5) is 14.8. The summed E-state index contributed by atoms with van der Waals surface area (Å²) in [6, 6.07) is 8.50. The summed E-state index contributed by atoms with van der Waals surface area (Å²) < 4.78 is 0. The molecule has 2 fully saturated rings. The Balaban J connectivity index is 1.80. The highest BCUT2D eigenvalue weighted by atomic mass is 16.2. The molecule has 1 aliphatic heterocycles. The lowest BCUT2D eigenvalue weighted by Crippen LogP contribution is -2.35. The van der Waals surface area contributed by atoms with E-state index in [2.05, 4.69) is 55.3 Å². The van der Waals surface area contributed by atoms with Gasteiger partial charge in [0.15, 0.2) is 0 Å². The maximum atomic E-state index is 12.7. The first-order chi connectivity index (χ1) is 10.1. The first-order valence-corrected chi connectivity index (χ1v) is 8.19. The summed E-state index contributed by atoms with van der Waals surface area (Å²) in [5.74, 6) is 1.46. The summed E-state index contributed by atoms with van der Waals surface area (Å²) in [6.45, 7) is 7.22. The number of carbonyl (C=O) groups excluding carboxylic acids is 1. The van der Waals surface area contributed by atoms with Crippen LogP contribution in [0, 0.1) is 18.8 Å². The molecule has 21 heavy (non-hydrogen) atoms. The predicted molar refractivity (Wildman–Crippen MR) is 84.7 cm³/mol. The SMILES string of the molecule is Cc1ccc(C2NC(C(C)C)C(=O)N2CCC2CC2)cc1. The van der Waals surface area contributed by atoms with Gasteiger partial charge < -0.3 is 4.90 Å². The highest BCUT2D eigenvalue weighted by Crippen LogP contribution is 2.35. The highest BCUT2D eigenvalue weighted by Gasteiger charge is 2.41. The van der Waals surface area contributed by atoms with Crippen molar-refractivity contribution in [2.24, 2.45) is 11.8 Å². The van der Waals surface area contributed by atoms with Crippen LogP contribution >= 0.6 is 0 Å². The Morgan fingerprint density at radius 1 is 1.24 bits per heavy atom. The molecule has 2 atom stereocenters. The molecule has 2 aliphatic rings. The van der Waals surface area contributed by atoms with Gasteiger partial charge in [-0.3, -0.25) is 10.1 Å². The van der Waals surface area contributed by atoms with Crippen LogP contribution in [0.2, 0.25) is 0 Å². The smallest absolute Gasteiger partial charge is 0.241 e. The van der Waals surface area contributed by atoms with Gasteiger partial charge in [-0.25, -0.2) is 0 Å². The standard InChI is InChI=1S/C18H26N2O/c1-12(2)16-18(21)20(11-10-14-6-7-14)17(19-16)15-8-4-13(3)5-9-15/h4-5,8-9,12,14,16-17,19H,6-7,10-11H2,1-3H3. The van der Waals surface area contributed by atoms with E-state index in [4.69, 9.17) is 0 Å². The Kier molecular flexibility index (Phi) is 4.03. The number of carbonyl (C=O) groups is 1. The van der Waals surface area contributed by atoms with Gasteiger partial charge in [-0.1, -0.05) is 56.5 Å². The number of nitrogens with zero attached hydrogens (tertiary/aromatic N) is 1. The Morgan fingerprint density at radius 3 is 2.48 bits per heavy atom. The van der Waals surface area contributed by atoms with Gasteiger partial charge in [0.1, 0.15) is 6.17 Å². The summed E-state index contributed by atoms with van der Waals surface area (Å²) in [7, 11) is 0. The second-order valence-electron chi connectivity index (χ2n) is 6.97. The number of hydrogen-bond acceptors (Lipinski definition) is 2. The second kappa shape index (κ2) is 5.80. The van der Waals surface area contributed by atoms with Crippen LogP contribution in [0.15, 0.2) is 24.3 Å². The van der Waals surface area contributed by atoms with Crippen LogP contribution in [0.3, 0.4) is 0 Å². The highest BCUT2D eigenvalue weighted by molar-refractivity contribution is 5.84. The first-order valence-electron chi connectivity index (χ1n) is 8.19. The Morgan fingerprint density at radius 2 is 1.90 bits per heavy atom. The van der Waals surface area contributed by atoms with Crippen molar-refractivity contribution in [2.45, 2.75) is 52.2 Å². The number of benzene rings is 1. The van der Waals surface area contributed by atoms with Crippen molar-refractivity contribution < 1.29 is 4.79 Å². The fourth-order valence-electron chi connectivity index (χ4n) is 3.11. The van der Waals surface area contributed by atoms with Crippen molar-refractivity contribution in [3.8, 4) is 0 Å². The zero-order valence-corrected chi connectivity index (χ0v) is 13.3. The molecule has 1 aromatic rings. The minimum atomic E-state index is -0.0458. The second-order valence-corrected chi connectivity index (χ2v) is 6.97. The summed E-state index contributed by atoms with van der Waals surface area (Å²) in [5, 5.41) is 3.55. The molecule has 1 saturated heterocycles. The molecule has 1 aliphatic carbocycles. The zero-order chi connectivity index (χ0) is 15.0. The van der Waals surface area contributed by atoms with E-state index in [1.807, 2.05) is 0 Å². The molecule has 0 bridgehead atoms. The van der Waals surface area contributed by atoms with Gasteiger partial charge in [-0.15, -0.1) is 0 Å². The minimum Gasteiger partial charge on any atom is -0.322 e. The van der Waals surface area contributed by atoms with Gasteiger partial charge in [0.2, 0.25) is 5.91 Å². The molecular formula is C18H26N2O. The monoisotopic (exact) mass is 286 g/mol. The summed E-state index contributed by atoms with van der Waals surface area (Å²) in [6.07, 6.45) is 3.89. The molecule has 3 rings (SSSR count). The first kappa shape index (κ1) is 14.6. The normalized spacial score (nSPS) is 25.9. The molecule has 2 unspecified atom stereocenters. The van der Waals surface area contributed by atoms with E-state index in [0.29, 0.717) is 5.92 Å². The lowest BCUT2D eigenvalue weighted by atomic mass is 10.0. The van der Waals surface area contributed by atoms with Crippen molar-refractivity contribution >= 4 is 5.91 Å². The Labute approximate surface area is 127 Å². The molecule has 1 saturated carbocycles. The van der Waals surface area contributed by atoms with Gasteiger partial charge in [0.05, 0.1) is 6.04 Å². The van der Waals surface area contributed by atoms with Gasteiger partial charge in [-0.05, 0) is 30.7 Å². The maximum Gasteiger partial charge on any atom is 0.241 e. The van der Waals surface area contributed by atoms with E-state index >= 15 is 0 Å². The van der Waals surface area contributed by atoms with Gasteiger partial charge >= 0.3 is 0 Å². The zero-order valence-electron chi connectivity index (χ0n) is 13.3. The molecule has 3 heteroatoms. The fourth-order valence-corrected chi connectivity index (χ4v) is 3.11. The molecule has 0 aromatic heterocycles. The van der Waals surface area contributed by atoms with E-state index in [1.165, 1.54) is 24.0 Å². The number of rotatable bonds is 5. The molecule has 1 amide bonds. The van der Waals surface area contributed by atoms with Crippen LogP contribution < -0.4 is 5.32 Å². The van der Waals surface area contributed by atoms with Crippen molar-refractivity contribution in [1.29, 1.82) is 0 Å². The molecule has 0 spiro atoms. The minimum absolute atomic E-state index is 0.0456. The van der Waals surface area contributed by atoms with Crippen LogP contribution in [0.5, 0.6) is 0 Å². The van der Waals surface area contributed by atoms with Crippen LogP contribution in [-0.2, 0) is 4.79 Å². The molecule has 1 aromatic carbocycles. The lowest BCUT2D eigenvalue weighted by molar-refractivity contribution is -0.130. The maximum absolute atomic E-state index is 12.7. The number of hydrogen-bond donors (Lipinski definition) is 1. The van der Waals surface area contributed by atoms with E-state index in [0.717, 1.165) is 18.9 Å². The molecule has 1 N–H and O–H groups in total. The van der Waals surface area contributed by atoms with Crippen molar-refractivity contribution in [3.05, 3.63) is 35.4 Å². The van der Waals surface area contributed by atoms with Crippen molar-refractivity contribution in [1.82, 2.24) is 10.2 Å². The van der Waals surface area contributed by atoms with E-state index in [-0.39, 0.29) is 18.1 Å². The molecule has 1 heterocycles. The van der Waals surface area contributed by atoms with E-state index in [9.17, 15) is 4.79 Å². The van der Waals surface area contributed by atoms with Gasteiger partial charge in [-0.2, -0.15) is 0 Å². The van der Waals surface area contributed by atoms with Gasteiger partial charge in [0.25, 0.3) is 0 Å². The fraction of sp³-hybridized carbons (Fsp3) is 0.611. The molecular weight excluding hydrogens is 260 g/mol. The lowest BCUT2D eigenvalue weighted by Gasteiger charge is -2.24. The largest absolute Gasteiger partial charge is 0.322 e. The van der Waals surface area contributed by atoms with Crippen molar-refractivity contribution in [2.75, 3.05) is 6.54 Å². The third kappa shape index (κ3) is 3.13. The number of amides is 1. The third-order valence-electron chi connectivity index (χ3n) is 4.73. The van der Waals surface area contributed by atoms with E-state index in [1.54, 1.807) is 0 Å². The predicted octanol–water partition coefficient (Wildman–Crippen LogP) is 3.25. The quantitative estimate of drug-likeness (QED) is 0.901. The summed E-state index contributed by atoms with van der Waals surface area (Å²) in [5.41, 5.74) is 2.46. The molecule has 114 valence electrons. The van der Waals surface area contributed by atoms with Crippen LogP contribution in [-0.4, -0.2) is 23.4 Å². The van der Waals surface area contributed by atoms with Crippen LogP contribution in [0.25, 0.3) is 0 Å². The topological polar surface area (TPSA) is 32.3 Å².